The molecule has 3 rings (SSSR count). The minimum Gasteiger partial charge on any atom is -0.348 e. The maximum absolute atomic E-state index is 13.2. The lowest BCUT2D eigenvalue weighted by Crippen LogP contribution is -2.47. The van der Waals surface area contributed by atoms with Gasteiger partial charge in [0.05, 0.1) is 30.9 Å². The summed E-state index contributed by atoms with van der Waals surface area (Å²) in [5.41, 5.74) is -3.10. The molecule has 1 aromatic heterocycles. The number of aromatic nitrogens is 1. The summed E-state index contributed by atoms with van der Waals surface area (Å²) in [7, 11) is -8.49. The summed E-state index contributed by atoms with van der Waals surface area (Å²) >= 11 is 0. The summed E-state index contributed by atoms with van der Waals surface area (Å²) in [6, 6.07) is 3.31. The van der Waals surface area contributed by atoms with Crippen molar-refractivity contribution in [3.63, 3.8) is 0 Å². The van der Waals surface area contributed by atoms with Gasteiger partial charge in [0.2, 0.25) is 0 Å². The summed E-state index contributed by atoms with van der Waals surface area (Å²) in [6.07, 6.45) is -8.64. The lowest BCUT2D eigenvalue weighted by Gasteiger charge is -2.40. The first-order valence-electron chi connectivity index (χ1n) is 12.1. The van der Waals surface area contributed by atoms with Gasteiger partial charge in [0.15, 0.2) is 19.7 Å². The highest BCUT2D eigenvalue weighted by molar-refractivity contribution is 7.92. The Hall–Kier alpha value is -2.68. The highest BCUT2D eigenvalue weighted by Crippen LogP contribution is 2.41. The fraction of sp³-hybridized carbons (Fsp3) is 0.520. The highest BCUT2D eigenvalue weighted by Gasteiger charge is 2.43. The zero-order chi connectivity index (χ0) is 30.5. The molecule has 0 atom stereocenters. The van der Waals surface area contributed by atoms with Crippen LogP contribution in [0.15, 0.2) is 46.3 Å². The molecule has 2 aromatic rings. The summed E-state index contributed by atoms with van der Waals surface area (Å²) < 4.78 is 129. The number of nitrogens with one attached hydrogen (secondary N) is 1. The van der Waals surface area contributed by atoms with Gasteiger partial charge in [0.25, 0.3) is 5.91 Å². The second-order valence-corrected chi connectivity index (χ2v) is 15.7. The van der Waals surface area contributed by atoms with E-state index < -0.39 is 80.6 Å². The molecule has 1 aliphatic carbocycles. The average Bonchev–Trinajstić information content (AvgIpc) is 2.80. The number of carbonyl (C=O) groups excluding carboxylic acids is 1. The van der Waals surface area contributed by atoms with Crippen LogP contribution in [-0.2, 0) is 32.0 Å². The number of alkyl halides is 6. The highest BCUT2D eigenvalue weighted by atomic mass is 32.2. The van der Waals surface area contributed by atoms with E-state index in [1.54, 1.807) is 0 Å². The van der Waals surface area contributed by atoms with Crippen molar-refractivity contribution in [1.29, 1.82) is 0 Å². The smallest absolute Gasteiger partial charge is 0.348 e. The van der Waals surface area contributed by atoms with Crippen molar-refractivity contribution in [2.75, 3.05) is 0 Å². The lowest BCUT2D eigenvalue weighted by molar-refractivity contribution is -0.138. The number of carbonyl (C=O) groups is 1. The minimum absolute atomic E-state index is 0.0590. The monoisotopic (exact) mass is 614 g/mol. The number of rotatable bonds is 8. The predicted octanol–water partition coefficient (Wildman–Crippen LogP) is 5.45. The molecule has 1 N–H and O–H groups in total. The van der Waals surface area contributed by atoms with Crippen molar-refractivity contribution in [3.8, 4) is 0 Å². The zero-order valence-corrected chi connectivity index (χ0v) is 23.5. The summed E-state index contributed by atoms with van der Waals surface area (Å²) in [5.74, 6) is -1.24. The predicted molar refractivity (Wildman–Crippen MR) is 133 cm³/mol. The van der Waals surface area contributed by atoms with Gasteiger partial charge in [-0.2, -0.15) is 26.3 Å². The van der Waals surface area contributed by atoms with Gasteiger partial charge in [-0.1, -0.05) is 6.07 Å². The molecule has 0 unspecified atom stereocenters. The molecule has 7 nitrogen and oxygen atoms in total. The van der Waals surface area contributed by atoms with E-state index in [0.29, 0.717) is 18.3 Å². The van der Waals surface area contributed by atoms with E-state index in [0.717, 1.165) is 18.2 Å². The summed E-state index contributed by atoms with van der Waals surface area (Å²) in [4.78, 5) is 15.0. The zero-order valence-electron chi connectivity index (χ0n) is 21.9. The fourth-order valence-corrected chi connectivity index (χ4v) is 7.33. The second-order valence-electron chi connectivity index (χ2n) is 10.7. The quantitative estimate of drug-likeness (QED) is 0.396. The molecule has 0 aliphatic heterocycles. The van der Waals surface area contributed by atoms with Crippen molar-refractivity contribution in [2.45, 2.75) is 85.1 Å². The van der Waals surface area contributed by atoms with Gasteiger partial charge in [-0.25, -0.2) is 21.8 Å². The largest absolute Gasteiger partial charge is 0.417 e. The summed E-state index contributed by atoms with van der Waals surface area (Å²) in [6.45, 7) is 5.29. The number of hydrogen-bond donors (Lipinski definition) is 1. The van der Waals surface area contributed by atoms with E-state index in [1.807, 2.05) is 0 Å². The van der Waals surface area contributed by atoms with Gasteiger partial charge in [-0.15, -0.1) is 0 Å². The number of benzene rings is 1. The number of pyridine rings is 1. The van der Waals surface area contributed by atoms with Crippen LogP contribution in [0, 0.1) is 5.92 Å². The topological polar surface area (TPSA) is 110 Å². The molecule has 0 spiro atoms. The van der Waals surface area contributed by atoms with Gasteiger partial charge >= 0.3 is 12.4 Å². The Morgan fingerprint density at radius 3 is 2.08 bits per heavy atom. The average molecular weight is 615 g/mol. The molecule has 1 aliphatic rings. The van der Waals surface area contributed by atoms with Crippen molar-refractivity contribution in [2.24, 2.45) is 5.92 Å². The minimum atomic E-state index is -4.88. The van der Waals surface area contributed by atoms with Crippen LogP contribution in [0.25, 0.3) is 0 Å². The number of sulfone groups is 2. The lowest BCUT2D eigenvalue weighted by atomic mass is 9.75. The molecule has 1 saturated carbocycles. The molecule has 1 fully saturated rings. The Labute approximate surface area is 228 Å². The standard InChI is InChI=1S/C25H28F6N2O5S2/c1-14(2)39(35,36)20-11-17(25(29,30)31)13-32-21(20)22(34)33-18-8-15(9-18)12-23(3,4)40(37,38)19-7-5-6-16(10-19)24(26,27)28/h5-7,10-11,13-15,18H,8-9,12H2,1-4H3,(H,33,34)/t15-,18-. The first kappa shape index (κ1) is 31.8. The molecule has 1 amide bonds. The van der Waals surface area contributed by atoms with Crippen molar-refractivity contribution in [3.05, 3.63) is 53.3 Å². The molecule has 0 saturated heterocycles. The van der Waals surface area contributed by atoms with Crippen LogP contribution in [0.2, 0.25) is 0 Å². The third-order valence-corrected chi connectivity index (χ3v) is 11.5. The second kappa shape index (κ2) is 10.6. The van der Waals surface area contributed by atoms with E-state index in [1.165, 1.54) is 27.7 Å². The fourth-order valence-electron chi connectivity index (χ4n) is 4.48. The Bertz CT molecular complexity index is 1490. The molecule has 1 heterocycles. The van der Waals surface area contributed by atoms with Crippen molar-refractivity contribution < 1.29 is 48.0 Å². The Kier molecular flexibility index (Phi) is 8.45. The van der Waals surface area contributed by atoms with Crippen LogP contribution in [0.1, 0.15) is 68.6 Å². The maximum atomic E-state index is 13.2. The normalized spacial score (nSPS) is 18.9. The first-order valence-corrected chi connectivity index (χ1v) is 15.1. The number of halogens is 6. The SMILES string of the molecule is CC(C)S(=O)(=O)c1cc(C(F)(F)F)cnc1C(=O)N[C@H]1C[C@H](CC(C)(C)S(=O)(=O)c2cccc(C(F)(F)F)c2)C1. The van der Waals surface area contributed by atoms with E-state index >= 15 is 0 Å². The van der Waals surface area contributed by atoms with Gasteiger partial charge in [0, 0.05) is 12.2 Å². The van der Waals surface area contributed by atoms with Gasteiger partial charge < -0.3 is 5.32 Å². The number of hydrogen-bond acceptors (Lipinski definition) is 6. The summed E-state index contributed by atoms with van der Waals surface area (Å²) in [5, 5.41) is 1.40. The molecular weight excluding hydrogens is 586 g/mol. The van der Waals surface area contributed by atoms with Crippen LogP contribution >= 0.6 is 0 Å². The van der Waals surface area contributed by atoms with Gasteiger partial charge in [-0.05, 0) is 77.1 Å². The third-order valence-electron chi connectivity index (χ3n) is 6.87. The molecule has 1 aromatic carbocycles. The van der Waals surface area contributed by atoms with E-state index in [4.69, 9.17) is 0 Å². The molecular formula is C25H28F6N2O5S2. The number of amides is 1. The molecule has 15 heteroatoms. The van der Waals surface area contributed by atoms with Crippen LogP contribution in [0.3, 0.4) is 0 Å². The van der Waals surface area contributed by atoms with Crippen molar-refractivity contribution >= 4 is 25.6 Å². The Morgan fingerprint density at radius 2 is 1.55 bits per heavy atom. The first-order chi connectivity index (χ1) is 18.1. The van der Waals surface area contributed by atoms with Crippen LogP contribution in [0.5, 0.6) is 0 Å². The van der Waals surface area contributed by atoms with Crippen LogP contribution < -0.4 is 5.32 Å². The molecule has 222 valence electrons. The Morgan fingerprint density at radius 1 is 0.975 bits per heavy atom. The van der Waals surface area contributed by atoms with Gasteiger partial charge in [0.1, 0.15) is 5.69 Å². The van der Waals surface area contributed by atoms with E-state index in [2.05, 4.69) is 10.3 Å². The molecule has 40 heavy (non-hydrogen) atoms. The van der Waals surface area contributed by atoms with Gasteiger partial charge in [-0.3, -0.25) is 4.79 Å². The Balaban J connectivity index is 1.73. The van der Waals surface area contributed by atoms with Crippen LogP contribution in [-0.4, -0.2) is 43.8 Å². The maximum Gasteiger partial charge on any atom is 0.417 e. The number of nitrogens with zero attached hydrogens (tertiary/aromatic N) is 1. The van der Waals surface area contributed by atoms with Crippen LogP contribution in [0.4, 0.5) is 26.3 Å². The van der Waals surface area contributed by atoms with E-state index in [-0.39, 0.29) is 25.2 Å². The van der Waals surface area contributed by atoms with Crippen molar-refractivity contribution in [1.82, 2.24) is 10.3 Å². The van der Waals surface area contributed by atoms with E-state index in [9.17, 15) is 48.0 Å². The molecule has 0 bridgehead atoms. The molecule has 0 radical (unpaired) electrons. The third kappa shape index (κ3) is 6.45.